The fourth-order valence-electron chi connectivity index (χ4n) is 3.79. The number of anilines is 3. The normalized spacial score (nSPS) is 13.5. The Bertz CT molecular complexity index is 1090. The molecule has 3 aromatic carbocycles. The molecule has 0 unspecified atom stereocenters. The van der Waals surface area contributed by atoms with Crippen LogP contribution in [0.15, 0.2) is 72.8 Å². The van der Waals surface area contributed by atoms with Crippen molar-refractivity contribution in [2.75, 3.05) is 41.7 Å². The molecule has 1 aliphatic heterocycles. The first kappa shape index (κ1) is 22.3. The van der Waals surface area contributed by atoms with Crippen LogP contribution in [0.25, 0.3) is 0 Å². The molecule has 0 atom stereocenters. The summed E-state index contributed by atoms with van der Waals surface area (Å²) in [7, 11) is 0. The monoisotopic (exact) mass is 446 g/mol. The van der Waals surface area contributed by atoms with E-state index in [1.54, 1.807) is 12.1 Å². The molecule has 0 spiro atoms. The number of rotatable bonds is 5. The number of piperazine rings is 1. The lowest BCUT2D eigenvalue weighted by atomic mass is 10.1. The molecule has 2 N–H and O–H groups in total. The second-order valence-corrected chi connectivity index (χ2v) is 8.16. The number of carbonyl (C=O) groups excluding carboxylic acids is 2. The lowest BCUT2D eigenvalue weighted by Gasteiger charge is -2.36. The molecule has 1 fully saturated rings. The van der Waals surface area contributed by atoms with Gasteiger partial charge in [-0.05, 0) is 61.0 Å². The summed E-state index contributed by atoms with van der Waals surface area (Å²) in [5.74, 6) is -0.242. The van der Waals surface area contributed by atoms with Crippen molar-refractivity contribution in [3.63, 3.8) is 0 Å². The van der Waals surface area contributed by atoms with Gasteiger partial charge >= 0.3 is 6.03 Å². The Kier molecular flexibility index (Phi) is 6.88. The van der Waals surface area contributed by atoms with Crippen molar-refractivity contribution in [3.8, 4) is 0 Å². The van der Waals surface area contributed by atoms with Crippen molar-refractivity contribution in [2.45, 2.75) is 13.3 Å². The maximum absolute atomic E-state index is 13.0. The van der Waals surface area contributed by atoms with Crippen LogP contribution in [0.4, 0.5) is 26.2 Å². The van der Waals surface area contributed by atoms with E-state index < -0.39 is 0 Å². The largest absolute Gasteiger partial charge is 0.368 e. The molecular formula is C26H27FN4O2. The average Bonchev–Trinajstić information content (AvgIpc) is 2.82. The molecule has 1 saturated heterocycles. The van der Waals surface area contributed by atoms with Gasteiger partial charge < -0.3 is 20.4 Å². The van der Waals surface area contributed by atoms with Crippen LogP contribution in [0.2, 0.25) is 0 Å². The highest BCUT2D eigenvalue weighted by atomic mass is 19.1. The lowest BCUT2D eigenvalue weighted by Crippen LogP contribution is -2.49. The van der Waals surface area contributed by atoms with Crippen LogP contribution in [-0.2, 0) is 11.2 Å². The van der Waals surface area contributed by atoms with E-state index >= 15 is 0 Å². The summed E-state index contributed by atoms with van der Waals surface area (Å²) in [4.78, 5) is 28.8. The van der Waals surface area contributed by atoms with Gasteiger partial charge in [-0.1, -0.05) is 29.8 Å². The van der Waals surface area contributed by atoms with Gasteiger partial charge in [-0.15, -0.1) is 0 Å². The van der Waals surface area contributed by atoms with E-state index in [0.717, 1.165) is 35.6 Å². The van der Waals surface area contributed by atoms with Gasteiger partial charge in [0.05, 0.1) is 6.42 Å². The molecule has 1 heterocycles. The Morgan fingerprint density at radius 3 is 1.91 bits per heavy atom. The van der Waals surface area contributed by atoms with E-state index in [-0.39, 0.29) is 24.2 Å². The minimum Gasteiger partial charge on any atom is -0.368 e. The van der Waals surface area contributed by atoms with Crippen molar-refractivity contribution < 1.29 is 14.0 Å². The fourth-order valence-corrected chi connectivity index (χ4v) is 3.79. The molecule has 0 aliphatic carbocycles. The van der Waals surface area contributed by atoms with Crippen molar-refractivity contribution in [2.24, 2.45) is 0 Å². The van der Waals surface area contributed by atoms with Gasteiger partial charge in [-0.2, -0.15) is 0 Å². The van der Waals surface area contributed by atoms with Gasteiger partial charge in [0, 0.05) is 43.2 Å². The molecular weight excluding hydrogens is 419 g/mol. The zero-order valence-electron chi connectivity index (χ0n) is 18.6. The van der Waals surface area contributed by atoms with Gasteiger partial charge in [-0.25, -0.2) is 9.18 Å². The van der Waals surface area contributed by atoms with Crippen molar-refractivity contribution in [3.05, 3.63) is 89.7 Å². The zero-order valence-corrected chi connectivity index (χ0v) is 18.6. The summed E-state index contributed by atoms with van der Waals surface area (Å²) < 4.78 is 13.0. The van der Waals surface area contributed by atoms with Crippen LogP contribution in [0, 0.1) is 12.7 Å². The van der Waals surface area contributed by atoms with Crippen molar-refractivity contribution in [1.82, 2.24) is 4.90 Å². The van der Waals surface area contributed by atoms with Gasteiger partial charge in [0.25, 0.3) is 0 Å². The molecule has 0 aromatic heterocycles. The SMILES string of the molecule is Cc1ccc(NC(=O)Nc2ccc(N3CCN(C(=O)Cc4ccc(F)cc4)CC3)cc2)cc1. The smallest absolute Gasteiger partial charge is 0.323 e. The van der Waals surface area contributed by atoms with E-state index in [2.05, 4.69) is 15.5 Å². The number of hydrogen-bond acceptors (Lipinski definition) is 3. The molecule has 33 heavy (non-hydrogen) atoms. The van der Waals surface area contributed by atoms with Crippen LogP contribution in [0.1, 0.15) is 11.1 Å². The fraction of sp³-hybridized carbons (Fsp3) is 0.231. The van der Waals surface area contributed by atoms with Crippen molar-refractivity contribution >= 4 is 29.0 Å². The number of nitrogens with one attached hydrogen (secondary N) is 2. The van der Waals surface area contributed by atoms with E-state index in [9.17, 15) is 14.0 Å². The average molecular weight is 447 g/mol. The summed E-state index contributed by atoms with van der Waals surface area (Å²) in [5.41, 5.74) is 4.44. The third-order valence-electron chi connectivity index (χ3n) is 5.70. The molecule has 6 nitrogen and oxygen atoms in total. The number of nitrogens with zero attached hydrogens (tertiary/aromatic N) is 2. The standard InChI is InChI=1S/C26H27FN4O2/c1-19-2-8-22(9-3-19)28-26(33)29-23-10-12-24(13-11-23)30-14-16-31(17-15-30)25(32)18-20-4-6-21(27)7-5-20/h2-13H,14-18H2,1H3,(H2,28,29,33). The third-order valence-corrected chi connectivity index (χ3v) is 5.70. The van der Waals surface area contributed by atoms with Crippen LogP contribution in [-0.4, -0.2) is 43.0 Å². The highest BCUT2D eigenvalue weighted by Crippen LogP contribution is 2.20. The topological polar surface area (TPSA) is 64.7 Å². The first-order valence-electron chi connectivity index (χ1n) is 11.0. The molecule has 3 amide bonds. The first-order chi connectivity index (χ1) is 16.0. The third kappa shape index (κ3) is 6.10. The Hall–Kier alpha value is -3.87. The number of hydrogen-bond donors (Lipinski definition) is 2. The highest BCUT2D eigenvalue weighted by Gasteiger charge is 2.21. The van der Waals surface area contributed by atoms with E-state index in [1.807, 2.05) is 60.4 Å². The predicted molar refractivity (Wildman–Crippen MR) is 129 cm³/mol. The molecule has 0 saturated carbocycles. The molecule has 4 rings (SSSR count). The number of amides is 3. The summed E-state index contributed by atoms with van der Waals surface area (Å²) in [6.07, 6.45) is 0.283. The number of benzene rings is 3. The van der Waals surface area contributed by atoms with Gasteiger partial charge in [0.1, 0.15) is 5.82 Å². The highest BCUT2D eigenvalue weighted by molar-refractivity contribution is 5.99. The molecule has 3 aromatic rings. The summed E-state index contributed by atoms with van der Waals surface area (Å²) in [5, 5.41) is 5.65. The Labute approximate surface area is 193 Å². The number of carbonyl (C=O) groups is 2. The molecule has 170 valence electrons. The second-order valence-electron chi connectivity index (χ2n) is 8.16. The lowest BCUT2D eigenvalue weighted by molar-refractivity contribution is -0.130. The van der Waals surface area contributed by atoms with Crippen LogP contribution < -0.4 is 15.5 Å². The Balaban J connectivity index is 1.25. The minimum atomic E-state index is -0.298. The minimum absolute atomic E-state index is 0.0559. The second kappa shape index (κ2) is 10.2. The van der Waals surface area contributed by atoms with E-state index in [4.69, 9.17) is 0 Å². The molecule has 7 heteroatoms. The summed E-state index contributed by atoms with van der Waals surface area (Å²) >= 11 is 0. The summed E-state index contributed by atoms with van der Waals surface area (Å²) in [6, 6.07) is 21.1. The number of urea groups is 1. The Morgan fingerprint density at radius 1 is 0.788 bits per heavy atom. The van der Waals surface area contributed by atoms with Crippen molar-refractivity contribution in [1.29, 1.82) is 0 Å². The first-order valence-corrected chi connectivity index (χ1v) is 11.0. The van der Waals surface area contributed by atoms with E-state index in [0.29, 0.717) is 18.8 Å². The maximum Gasteiger partial charge on any atom is 0.323 e. The molecule has 1 aliphatic rings. The number of aryl methyl sites for hydroxylation is 1. The molecule has 0 radical (unpaired) electrons. The van der Waals surface area contributed by atoms with Gasteiger partial charge in [-0.3, -0.25) is 4.79 Å². The van der Waals surface area contributed by atoms with Crippen LogP contribution in [0.5, 0.6) is 0 Å². The van der Waals surface area contributed by atoms with Gasteiger partial charge in [0.2, 0.25) is 5.91 Å². The Morgan fingerprint density at radius 2 is 1.33 bits per heavy atom. The number of halogens is 1. The maximum atomic E-state index is 13.0. The van der Waals surface area contributed by atoms with E-state index in [1.165, 1.54) is 12.1 Å². The summed E-state index contributed by atoms with van der Waals surface area (Å²) in [6.45, 7) is 4.74. The quantitative estimate of drug-likeness (QED) is 0.599. The van der Waals surface area contributed by atoms with Crippen LogP contribution >= 0.6 is 0 Å². The molecule has 0 bridgehead atoms. The zero-order chi connectivity index (χ0) is 23.2. The van der Waals surface area contributed by atoms with Gasteiger partial charge in [0.15, 0.2) is 0 Å². The predicted octanol–water partition coefficient (Wildman–Crippen LogP) is 4.67. The van der Waals surface area contributed by atoms with Crippen LogP contribution in [0.3, 0.4) is 0 Å².